The summed E-state index contributed by atoms with van der Waals surface area (Å²) >= 11 is 1.52. The summed E-state index contributed by atoms with van der Waals surface area (Å²) in [5.41, 5.74) is 0. The molecule has 0 fully saturated rings. The number of nitrogens with zero attached hydrogens (tertiary/aromatic N) is 2. The lowest BCUT2D eigenvalue weighted by atomic mass is 10.6. The summed E-state index contributed by atoms with van der Waals surface area (Å²) in [6.07, 6.45) is 2.79. The smallest absolute Gasteiger partial charge is 0.313 e. The van der Waals surface area contributed by atoms with E-state index < -0.39 is 0 Å². The Morgan fingerprint density at radius 2 is 2.62 bits per heavy atom. The SMILES string of the molecule is O=C(NC1=NCCS1)c1ncco1. The second-order valence-corrected chi connectivity index (χ2v) is 3.41. The highest BCUT2D eigenvalue weighted by Crippen LogP contribution is 2.09. The molecule has 1 N–H and O–H groups in total. The predicted molar refractivity (Wildman–Crippen MR) is 48.7 cm³/mol. The van der Waals surface area contributed by atoms with Gasteiger partial charge in [0.2, 0.25) is 0 Å². The number of amides is 1. The van der Waals surface area contributed by atoms with Crippen LogP contribution in [0.1, 0.15) is 10.7 Å². The number of nitrogens with one attached hydrogen (secondary N) is 1. The van der Waals surface area contributed by atoms with E-state index in [9.17, 15) is 4.79 Å². The minimum Gasteiger partial charge on any atom is -0.441 e. The molecule has 13 heavy (non-hydrogen) atoms. The number of hydrogen-bond acceptors (Lipinski definition) is 5. The molecule has 68 valence electrons. The zero-order chi connectivity index (χ0) is 9.10. The first kappa shape index (κ1) is 8.31. The molecular weight excluding hydrogens is 190 g/mol. The quantitative estimate of drug-likeness (QED) is 0.712. The Morgan fingerprint density at radius 3 is 3.23 bits per heavy atom. The molecule has 1 aromatic rings. The molecular formula is C7H7N3O2S. The number of thioether (sulfide) groups is 1. The molecule has 1 amide bonds. The van der Waals surface area contributed by atoms with Crippen molar-refractivity contribution in [1.82, 2.24) is 10.3 Å². The molecule has 0 saturated carbocycles. The summed E-state index contributed by atoms with van der Waals surface area (Å²) in [5.74, 6) is 0.634. The number of aromatic nitrogens is 1. The van der Waals surface area contributed by atoms with Gasteiger partial charge in [-0.15, -0.1) is 0 Å². The lowest BCUT2D eigenvalue weighted by Crippen LogP contribution is -2.27. The van der Waals surface area contributed by atoms with Gasteiger partial charge in [-0.3, -0.25) is 15.1 Å². The molecule has 0 atom stereocenters. The summed E-state index contributed by atoms with van der Waals surface area (Å²) in [6.45, 7) is 0.756. The lowest BCUT2D eigenvalue weighted by molar-refractivity contribution is 0.0944. The van der Waals surface area contributed by atoms with Crippen molar-refractivity contribution in [3.05, 3.63) is 18.4 Å². The summed E-state index contributed by atoms with van der Waals surface area (Å²) in [5, 5.41) is 3.24. The lowest BCUT2D eigenvalue weighted by Gasteiger charge is -1.98. The molecule has 5 nitrogen and oxygen atoms in total. The molecule has 2 heterocycles. The van der Waals surface area contributed by atoms with Crippen molar-refractivity contribution >= 4 is 22.8 Å². The van der Waals surface area contributed by atoms with Crippen LogP contribution in [0.5, 0.6) is 0 Å². The van der Waals surface area contributed by atoms with Gasteiger partial charge in [0.1, 0.15) is 6.26 Å². The van der Waals surface area contributed by atoms with Gasteiger partial charge in [-0.2, -0.15) is 0 Å². The number of oxazole rings is 1. The van der Waals surface area contributed by atoms with E-state index in [1.54, 1.807) is 0 Å². The monoisotopic (exact) mass is 197 g/mol. The Balaban J connectivity index is 1.99. The van der Waals surface area contributed by atoms with Crippen LogP contribution in [0, 0.1) is 0 Å². The van der Waals surface area contributed by atoms with Crippen molar-refractivity contribution in [1.29, 1.82) is 0 Å². The molecule has 0 radical (unpaired) electrons. The maximum atomic E-state index is 11.3. The zero-order valence-electron chi connectivity index (χ0n) is 6.69. The molecule has 1 aromatic heterocycles. The fourth-order valence-corrected chi connectivity index (χ4v) is 1.62. The molecule has 1 aliphatic rings. The van der Waals surface area contributed by atoms with Gasteiger partial charge in [0.15, 0.2) is 5.17 Å². The minimum absolute atomic E-state index is 0.0650. The number of rotatable bonds is 1. The van der Waals surface area contributed by atoms with Crippen molar-refractivity contribution < 1.29 is 9.21 Å². The maximum Gasteiger partial charge on any atom is 0.313 e. The van der Waals surface area contributed by atoms with Crippen LogP contribution in [-0.2, 0) is 0 Å². The van der Waals surface area contributed by atoms with E-state index in [0.717, 1.165) is 12.3 Å². The minimum atomic E-state index is -0.349. The van der Waals surface area contributed by atoms with Crippen molar-refractivity contribution in [3.8, 4) is 0 Å². The third-order valence-electron chi connectivity index (χ3n) is 1.43. The molecule has 0 aliphatic carbocycles. The average Bonchev–Trinajstić information content (AvgIpc) is 2.74. The average molecular weight is 197 g/mol. The Labute approximate surface area is 78.6 Å². The van der Waals surface area contributed by atoms with Gasteiger partial charge in [0.25, 0.3) is 5.89 Å². The van der Waals surface area contributed by atoms with Crippen LogP contribution in [0.15, 0.2) is 21.9 Å². The summed E-state index contributed by atoms with van der Waals surface area (Å²) in [6, 6.07) is 0. The number of amidine groups is 1. The molecule has 1 aliphatic heterocycles. The van der Waals surface area contributed by atoms with Crippen molar-refractivity contribution in [2.75, 3.05) is 12.3 Å². The molecule has 0 bridgehead atoms. The second-order valence-electron chi connectivity index (χ2n) is 2.33. The van der Waals surface area contributed by atoms with E-state index in [1.165, 1.54) is 24.2 Å². The fourth-order valence-electron chi connectivity index (χ4n) is 0.897. The van der Waals surface area contributed by atoms with Crippen LogP contribution in [0.3, 0.4) is 0 Å². The largest absolute Gasteiger partial charge is 0.441 e. The molecule has 0 unspecified atom stereocenters. The summed E-state index contributed by atoms with van der Waals surface area (Å²) < 4.78 is 4.82. The van der Waals surface area contributed by atoms with Gasteiger partial charge < -0.3 is 4.42 Å². The third-order valence-corrected chi connectivity index (χ3v) is 2.32. The fraction of sp³-hybridized carbons (Fsp3) is 0.286. The second kappa shape index (κ2) is 3.61. The van der Waals surface area contributed by atoms with Crippen molar-refractivity contribution in [3.63, 3.8) is 0 Å². The van der Waals surface area contributed by atoms with E-state index >= 15 is 0 Å². The predicted octanol–water partition coefficient (Wildman–Crippen LogP) is 0.507. The first-order valence-electron chi connectivity index (χ1n) is 3.74. The van der Waals surface area contributed by atoms with Crippen LogP contribution >= 0.6 is 11.8 Å². The van der Waals surface area contributed by atoms with Gasteiger partial charge in [0.05, 0.1) is 12.7 Å². The molecule has 0 saturated heterocycles. The van der Waals surface area contributed by atoms with Gasteiger partial charge in [-0.25, -0.2) is 4.98 Å². The first-order valence-corrected chi connectivity index (χ1v) is 4.73. The van der Waals surface area contributed by atoms with E-state index in [0.29, 0.717) is 5.17 Å². The topological polar surface area (TPSA) is 67.5 Å². The maximum absolute atomic E-state index is 11.3. The number of carbonyl (C=O) groups is 1. The molecule has 6 heteroatoms. The van der Waals surface area contributed by atoms with Gasteiger partial charge in [-0.1, -0.05) is 11.8 Å². The van der Waals surface area contributed by atoms with E-state index in [2.05, 4.69) is 15.3 Å². The molecule has 0 aromatic carbocycles. The number of hydrogen-bond donors (Lipinski definition) is 1. The summed E-state index contributed by atoms with van der Waals surface area (Å²) in [7, 11) is 0. The van der Waals surface area contributed by atoms with E-state index in [4.69, 9.17) is 4.42 Å². The van der Waals surface area contributed by atoms with Gasteiger partial charge in [0, 0.05) is 5.75 Å². The Bertz CT molecular complexity index is 334. The normalized spacial score (nSPS) is 15.5. The summed E-state index contributed by atoms with van der Waals surface area (Å²) in [4.78, 5) is 19.1. The zero-order valence-corrected chi connectivity index (χ0v) is 7.50. The van der Waals surface area contributed by atoms with Crippen LogP contribution in [0.2, 0.25) is 0 Å². The van der Waals surface area contributed by atoms with Gasteiger partial charge >= 0.3 is 5.91 Å². The molecule has 2 rings (SSSR count). The Morgan fingerprint density at radius 1 is 1.69 bits per heavy atom. The van der Waals surface area contributed by atoms with Crippen LogP contribution in [0.4, 0.5) is 0 Å². The Hall–Kier alpha value is -1.30. The number of aliphatic imine (C=N–C) groups is 1. The van der Waals surface area contributed by atoms with Crippen LogP contribution in [0.25, 0.3) is 0 Å². The van der Waals surface area contributed by atoms with E-state index in [-0.39, 0.29) is 11.8 Å². The van der Waals surface area contributed by atoms with Gasteiger partial charge in [-0.05, 0) is 0 Å². The van der Waals surface area contributed by atoms with E-state index in [1.807, 2.05) is 0 Å². The van der Waals surface area contributed by atoms with Crippen molar-refractivity contribution in [2.45, 2.75) is 0 Å². The standard InChI is InChI=1S/C7H7N3O2S/c11-5(6-8-1-3-12-6)10-7-9-2-4-13-7/h1,3H,2,4H2,(H,9,10,11). The highest BCUT2D eigenvalue weighted by Gasteiger charge is 2.15. The molecule has 0 spiro atoms. The van der Waals surface area contributed by atoms with Crippen LogP contribution < -0.4 is 5.32 Å². The van der Waals surface area contributed by atoms with Crippen molar-refractivity contribution in [2.24, 2.45) is 4.99 Å². The highest BCUT2D eigenvalue weighted by atomic mass is 32.2. The first-order chi connectivity index (χ1) is 6.36. The third kappa shape index (κ3) is 1.89. The number of carbonyl (C=O) groups excluding carboxylic acids is 1. The highest BCUT2D eigenvalue weighted by molar-refractivity contribution is 8.14. The Kier molecular flexibility index (Phi) is 2.31. The van der Waals surface area contributed by atoms with Crippen LogP contribution in [-0.4, -0.2) is 28.4 Å².